The molecule has 0 saturated carbocycles. The van der Waals surface area contributed by atoms with Gasteiger partial charge in [0.1, 0.15) is 12.2 Å². The summed E-state index contributed by atoms with van der Waals surface area (Å²) >= 11 is 0. The standard InChI is InChI=1S/C11H12F3NO2/c1-15(2)9-4-3-7(5-8(9)12)11(13,14)6-10(16)17/h3-5H,6H2,1-2H3,(H,16,17). The topological polar surface area (TPSA) is 40.5 Å². The highest BCUT2D eigenvalue weighted by molar-refractivity contribution is 5.68. The van der Waals surface area contributed by atoms with E-state index in [0.717, 1.165) is 6.07 Å². The predicted octanol–water partition coefficient (Wildman–Crippen LogP) is 2.46. The number of nitrogens with zero attached hydrogens (tertiary/aromatic N) is 1. The first kappa shape index (κ1) is 13.3. The number of carboxylic acid groups (broad SMARTS) is 1. The predicted molar refractivity (Wildman–Crippen MR) is 56.9 cm³/mol. The number of hydrogen-bond acceptors (Lipinski definition) is 2. The molecule has 0 aliphatic carbocycles. The number of anilines is 1. The molecule has 0 bridgehead atoms. The lowest BCUT2D eigenvalue weighted by atomic mass is 10.0. The number of benzene rings is 1. The molecule has 0 heterocycles. The van der Waals surface area contributed by atoms with Gasteiger partial charge in [-0.15, -0.1) is 0 Å². The van der Waals surface area contributed by atoms with Crippen LogP contribution in [-0.4, -0.2) is 25.2 Å². The van der Waals surface area contributed by atoms with Crippen molar-refractivity contribution >= 4 is 11.7 Å². The van der Waals surface area contributed by atoms with Crippen LogP contribution < -0.4 is 4.90 Å². The highest BCUT2D eigenvalue weighted by Gasteiger charge is 2.35. The Balaban J connectivity index is 3.08. The molecule has 1 rings (SSSR count). The van der Waals surface area contributed by atoms with E-state index in [0.29, 0.717) is 6.07 Å². The maximum atomic E-state index is 13.4. The van der Waals surface area contributed by atoms with Crippen LogP contribution in [-0.2, 0) is 10.7 Å². The molecule has 0 aromatic heterocycles. The van der Waals surface area contributed by atoms with Gasteiger partial charge in [0, 0.05) is 19.7 Å². The molecular formula is C11H12F3NO2. The smallest absolute Gasteiger partial charge is 0.309 e. The molecule has 1 N–H and O–H groups in total. The van der Waals surface area contributed by atoms with E-state index in [1.807, 2.05) is 0 Å². The highest BCUT2D eigenvalue weighted by atomic mass is 19.3. The molecule has 0 aliphatic heterocycles. The fraction of sp³-hybridized carbons (Fsp3) is 0.364. The lowest BCUT2D eigenvalue weighted by molar-refractivity contribution is -0.145. The number of rotatable bonds is 4. The monoisotopic (exact) mass is 247 g/mol. The Morgan fingerprint density at radius 2 is 2.00 bits per heavy atom. The molecule has 0 saturated heterocycles. The van der Waals surface area contributed by atoms with Crippen LogP contribution in [0.15, 0.2) is 18.2 Å². The summed E-state index contributed by atoms with van der Waals surface area (Å²) in [5, 5.41) is 8.34. The van der Waals surface area contributed by atoms with Crippen molar-refractivity contribution in [2.75, 3.05) is 19.0 Å². The Morgan fingerprint density at radius 3 is 2.41 bits per heavy atom. The van der Waals surface area contributed by atoms with Crippen molar-refractivity contribution in [3.63, 3.8) is 0 Å². The summed E-state index contributed by atoms with van der Waals surface area (Å²) in [4.78, 5) is 11.7. The van der Waals surface area contributed by atoms with Crippen molar-refractivity contribution < 1.29 is 23.1 Å². The zero-order chi connectivity index (χ0) is 13.2. The van der Waals surface area contributed by atoms with Crippen molar-refractivity contribution in [2.45, 2.75) is 12.3 Å². The molecule has 3 nitrogen and oxygen atoms in total. The molecule has 0 radical (unpaired) electrons. The minimum absolute atomic E-state index is 0.167. The Hall–Kier alpha value is -1.72. The van der Waals surface area contributed by atoms with Gasteiger partial charge in [0.2, 0.25) is 0 Å². The Morgan fingerprint density at radius 1 is 1.41 bits per heavy atom. The first-order chi connectivity index (χ1) is 7.74. The van der Waals surface area contributed by atoms with Crippen molar-refractivity contribution in [3.05, 3.63) is 29.6 Å². The van der Waals surface area contributed by atoms with Crippen molar-refractivity contribution in [1.29, 1.82) is 0 Å². The summed E-state index contributed by atoms with van der Waals surface area (Å²) in [6.07, 6.45) is -1.35. The van der Waals surface area contributed by atoms with Gasteiger partial charge in [-0.05, 0) is 12.1 Å². The Bertz CT molecular complexity index is 433. The molecule has 1 aromatic carbocycles. The first-order valence-electron chi connectivity index (χ1n) is 4.81. The molecular weight excluding hydrogens is 235 g/mol. The van der Waals surface area contributed by atoms with Crippen molar-refractivity contribution in [3.8, 4) is 0 Å². The fourth-order valence-corrected chi connectivity index (χ4v) is 1.39. The lowest BCUT2D eigenvalue weighted by Gasteiger charge is -2.18. The maximum absolute atomic E-state index is 13.4. The molecule has 17 heavy (non-hydrogen) atoms. The van der Waals surface area contributed by atoms with Crippen LogP contribution in [0.4, 0.5) is 18.9 Å². The number of carboxylic acids is 1. The third-order valence-corrected chi connectivity index (χ3v) is 2.23. The van der Waals surface area contributed by atoms with E-state index >= 15 is 0 Å². The molecule has 0 amide bonds. The van der Waals surface area contributed by atoms with Gasteiger partial charge in [-0.25, -0.2) is 13.2 Å². The van der Waals surface area contributed by atoms with E-state index in [9.17, 15) is 18.0 Å². The van der Waals surface area contributed by atoms with Gasteiger partial charge in [0.15, 0.2) is 0 Å². The van der Waals surface area contributed by atoms with Gasteiger partial charge in [0.05, 0.1) is 5.69 Å². The van der Waals surface area contributed by atoms with Crippen LogP contribution in [0, 0.1) is 5.82 Å². The molecule has 0 aliphatic rings. The van der Waals surface area contributed by atoms with Crippen molar-refractivity contribution in [2.24, 2.45) is 0 Å². The third-order valence-electron chi connectivity index (χ3n) is 2.23. The average molecular weight is 247 g/mol. The van der Waals surface area contributed by atoms with Crippen LogP contribution >= 0.6 is 0 Å². The van der Waals surface area contributed by atoms with E-state index in [4.69, 9.17) is 5.11 Å². The summed E-state index contributed by atoms with van der Waals surface area (Å²) in [6.45, 7) is 0. The van der Waals surface area contributed by atoms with Gasteiger partial charge in [-0.3, -0.25) is 4.79 Å². The number of alkyl halides is 2. The van der Waals surface area contributed by atoms with Crippen molar-refractivity contribution in [1.82, 2.24) is 0 Å². The third kappa shape index (κ3) is 3.12. The second-order valence-electron chi connectivity index (χ2n) is 3.84. The zero-order valence-electron chi connectivity index (χ0n) is 9.38. The fourth-order valence-electron chi connectivity index (χ4n) is 1.39. The summed E-state index contributed by atoms with van der Waals surface area (Å²) in [6, 6.07) is 2.89. The highest BCUT2D eigenvalue weighted by Crippen LogP contribution is 2.33. The Labute approximate surface area is 96.5 Å². The van der Waals surface area contributed by atoms with E-state index < -0.39 is 29.7 Å². The van der Waals surface area contributed by atoms with E-state index in [2.05, 4.69) is 0 Å². The van der Waals surface area contributed by atoms with Crippen LogP contribution in [0.5, 0.6) is 0 Å². The largest absolute Gasteiger partial charge is 0.481 e. The van der Waals surface area contributed by atoms with Gasteiger partial charge in [-0.1, -0.05) is 6.07 Å². The Kier molecular flexibility index (Phi) is 3.65. The normalized spacial score (nSPS) is 11.4. The second-order valence-corrected chi connectivity index (χ2v) is 3.84. The average Bonchev–Trinajstić information content (AvgIpc) is 2.14. The van der Waals surface area contributed by atoms with Gasteiger partial charge >= 0.3 is 5.97 Å². The summed E-state index contributed by atoms with van der Waals surface area (Å²) in [7, 11) is 3.15. The van der Waals surface area contributed by atoms with Gasteiger partial charge in [-0.2, -0.15) is 0 Å². The number of halogens is 3. The maximum Gasteiger partial charge on any atom is 0.309 e. The van der Waals surface area contributed by atoms with Gasteiger partial charge in [0.25, 0.3) is 5.92 Å². The quantitative estimate of drug-likeness (QED) is 0.888. The summed E-state index contributed by atoms with van der Waals surface area (Å²) in [5.74, 6) is -6.01. The van der Waals surface area contributed by atoms with Crippen LogP contribution in [0.1, 0.15) is 12.0 Å². The minimum Gasteiger partial charge on any atom is -0.481 e. The van der Waals surface area contributed by atoms with E-state index in [-0.39, 0.29) is 5.69 Å². The van der Waals surface area contributed by atoms with Crippen LogP contribution in [0.3, 0.4) is 0 Å². The number of aliphatic carboxylic acids is 1. The van der Waals surface area contributed by atoms with Crippen LogP contribution in [0.2, 0.25) is 0 Å². The number of hydrogen-bond donors (Lipinski definition) is 1. The molecule has 0 fully saturated rings. The first-order valence-corrected chi connectivity index (χ1v) is 4.81. The SMILES string of the molecule is CN(C)c1ccc(C(F)(F)CC(=O)O)cc1F. The molecule has 94 valence electrons. The lowest BCUT2D eigenvalue weighted by Crippen LogP contribution is -2.19. The molecule has 1 aromatic rings. The van der Waals surface area contributed by atoms with Gasteiger partial charge < -0.3 is 10.0 Å². The van der Waals surface area contributed by atoms with Crippen LogP contribution in [0.25, 0.3) is 0 Å². The molecule has 0 unspecified atom stereocenters. The summed E-state index contributed by atoms with van der Waals surface area (Å²) < 4.78 is 40.2. The minimum atomic E-state index is -3.57. The second kappa shape index (κ2) is 4.65. The van der Waals surface area contributed by atoms with E-state index in [1.165, 1.54) is 11.0 Å². The summed E-state index contributed by atoms with van der Waals surface area (Å²) in [5.41, 5.74) is -0.470. The molecule has 6 heteroatoms. The zero-order valence-corrected chi connectivity index (χ0v) is 9.38. The molecule has 0 atom stereocenters. The van der Waals surface area contributed by atoms with E-state index in [1.54, 1.807) is 14.1 Å². The molecule has 0 spiro atoms. The number of carbonyl (C=O) groups is 1.